The van der Waals surface area contributed by atoms with Gasteiger partial charge in [-0.15, -0.1) is 0 Å². The highest BCUT2D eigenvalue weighted by Crippen LogP contribution is 2.26. The van der Waals surface area contributed by atoms with E-state index >= 15 is 0 Å². The van der Waals surface area contributed by atoms with E-state index in [2.05, 4.69) is 10.2 Å². The number of imide groups is 1. The fourth-order valence-corrected chi connectivity index (χ4v) is 4.13. The number of hydrogen-bond acceptors (Lipinski definition) is 4. The molecule has 2 aliphatic heterocycles. The van der Waals surface area contributed by atoms with Gasteiger partial charge in [-0.25, -0.2) is 9.69 Å². The van der Waals surface area contributed by atoms with Crippen molar-refractivity contribution in [2.24, 2.45) is 0 Å². The van der Waals surface area contributed by atoms with Crippen LogP contribution in [0.1, 0.15) is 18.4 Å². The molecule has 2 aromatic carbocycles. The summed E-state index contributed by atoms with van der Waals surface area (Å²) in [6, 6.07) is 16.5. The number of carbonyl (C=O) groups excluding carboxylic acids is 3. The van der Waals surface area contributed by atoms with Crippen LogP contribution < -0.4 is 10.2 Å². The molecule has 0 spiro atoms. The van der Waals surface area contributed by atoms with Gasteiger partial charge >= 0.3 is 6.03 Å². The Kier molecular flexibility index (Phi) is 5.81. The maximum absolute atomic E-state index is 12.9. The van der Waals surface area contributed by atoms with Crippen LogP contribution in [0, 0.1) is 6.92 Å². The Bertz CT molecular complexity index is 938. The third kappa shape index (κ3) is 4.21. The van der Waals surface area contributed by atoms with Crippen molar-refractivity contribution in [2.75, 3.05) is 36.4 Å². The number of carbonyl (C=O) groups is 3. The average molecular weight is 406 g/mol. The second-order valence-corrected chi connectivity index (χ2v) is 7.85. The van der Waals surface area contributed by atoms with Gasteiger partial charge in [-0.3, -0.25) is 14.5 Å². The number of benzene rings is 2. The van der Waals surface area contributed by atoms with Crippen molar-refractivity contribution >= 4 is 29.2 Å². The van der Waals surface area contributed by atoms with Gasteiger partial charge in [0, 0.05) is 24.8 Å². The Morgan fingerprint density at radius 3 is 2.37 bits per heavy atom. The maximum atomic E-state index is 12.9. The van der Waals surface area contributed by atoms with Crippen LogP contribution in [0.25, 0.3) is 0 Å². The van der Waals surface area contributed by atoms with Gasteiger partial charge in [-0.2, -0.15) is 0 Å². The first-order valence-corrected chi connectivity index (χ1v) is 10.3. The lowest BCUT2D eigenvalue weighted by Crippen LogP contribution is -2.48. The van der Waals surface area contributed by atoms with Gasteiger partial charge < -0.3 is 10.2 Å². The normalized spacial score (nSPS) is 18.2. The quantitative estimate of drug-likeness (QED) is 0.775. The molecule has 0 radical (unpaired) electrons. The van der Waals surface area contributed by atoms with E-state index in [4.69, 9.17) is 0 Å². The second kappa shape index (κ2) is 8.67. The van der Waals surface area contributed by atoms with Crippen LogP contribution in [0.3, 0.4) is 0 Å². The topological polar surface area (TPSA) is 73.0 Å². The van der Waals surface area contributed by atoms with E-state index in [1.807, 2.05) is 49.4 Å². The summed E-state index contributed by atoms with van der Waals surface area (Å²) in [5.74, 6) is -0.225. The van der Waals surface area contributed by atoms with E-state index in [1.165, 1.54) is 4.90 Å². The lowest BCUT2D eigenvalue weighted by molar-refractivity contribution is -0.117. The zero-order valence-corrected chi connectivity index (χ0v) is 17.1. The molecule has 4 amide bonds. The number of hydrogen-bond donors (Lipinski definition) is 1. The fourth-order valence-electron chi connectivity index (χ4n) is 4.13. The van der Waals surface area contributed by atoms with Crippen LogP contribution in [-0.2, 0) is 9.59 Å². The Labute approximate surface area is 176 Å². The molecule has 1 N–H and O–H groups in total. The Morgan fingerprint density at radius 2 is 1.67 bits per heavy atom. The van der Waals surface area contributed by atoms with Crippen LogP contribution in [0.15, 0.2) is 54.6 Å². The van der Waals surface area contributed by atoms with Crippen LogP contribution in [0.4, 0.5) is 16.2 Å². The number of piperidine rings is 1. The first-order valence-electron chi connectivity index (χ1n) is 10.3. The number of rotatable bonds is 5. The average Bonchev–Trinajstić information content (AvgIpc) is 3.05. The third-order valence-corrected chi connectivity index (χ3v) is 5.79. The van der Waals surface area contributed by atoms with E-state index in [0.717, 1.165) is 37.2 Å². The van der Waals surface area contributed by atoms with Gasteiger partial charge in [0.15, 0.2) is 0 Å². The van der Waals surface area contributed by atoms with Crippen molar-refractivity contribution in [2.45, 2.75) is 25.8 Å². The molecule has 7 heteroatoms. The lowest BCUT2D eigenvalue weighted by Gasteiger charge is -2.35. The lowest BCUT2D eigenvalue weighted by atomic mass is 10.0. The summed E-state index contributed by atoms with van der Waals surface area (Å²) in [7, 11) is 0. The predicted molar refractivity (Wildman–Crippen MR) is 115 cm³/mol. The highest BCUT2D eigenvalue weighted by atomic mass is 16.2. The minimum atomic E-state index is -0.248. The second-order valence-electron chi connectivity index (χ2n) is 7.85. The molecule has 0 unspecified atom stereocenters. The molecular weight excluding hydrogens is 380 g/mol. The van der Waals surface area contributed by atoms with Gasteiger partial charge in [-0.1, -0.05) is 36.4 Å². The fraction of sp³-hybridized carbons (Fsp3) is 0.348. The molecule has 0 aromatic heterocycles. The molecule has 2 fully saturated rings. The van der Waals surface area contributed by atoms with Crippen LogP contribution >= 0.6 is 0 Å². The van der Waals surface area contributed by atoms with Gasteiger partial charge in [-0.05, 0) is 43.5 Å². The molecule has 2 aliphatic rings. The number of nitrogens with one attached hydrogen (secondary N) is 1. The Hall–Kier alpha value is -3.19. The van der Waals surface area contributed by atoms with Crippen LogP contribution in [0.5, 0.6) is 0 Å². The van der Waals surface area contributed by atoms with Gasteiger partial charge in [0.2, 0.25) is 5.91 Å². The van der Waals surface area contributed by atoms with Gasteiger partial charge in [0.1, 0.15) is 6.54 Å². The minimum absolute atomic E-state index is 0.0193. The molecule has 0 saturated carbocycles. The van der Waals surface area contributed by atoms with E-state index < -0.39 is 0 Å². The molecular formula is C23H26N4O3. The van der Waals surface area contributed by atoms with Gasteiger partial charge in [0.25, 0.3) is 5.91 Å². The SMILES string of the molecule is Cc1ccccc1NC(=O)CN1CCC(N2CC(=O)N(c3ccccc3)C2=O)CC1. The summed E-state index contributed by atoms with van der Waals surface area (Å²) < 4.78 is 0. The van der Waals surface area contributed by atoms with Crippen LogP contribution in [0.2, 0.25) is 0 Å². The third-order valence-electron chi connectivity index (χ3n) is 5.79. The van der Waals surface area contributed by atoms with Crippen molar-refractivity contribution in [1.82, 2.24) is 9.80 Å². The van der Waals surface area contributed by atoms with Crippen molar-refractivity contribution in [3.63, 3.8) is 0 Å². The first kappa shape index (κ1) is 20.1. The number of likely N-dealkylation sites (tertiary alicyclic amines) is 1. The summed E-state index contributed by atoms with van der Waals surface area (Å²) in [5.41, 5.74) is 2.48. The monoisotopic (exact) mass is 406 g/mol. The molecule has 2 heterocycles. The van der Waals surface area contributed by atoms with E-state index in [0.29, 0.717) is 12.2 Å². The highest BCUT2D eigenvalue weighted by Gasteiger charge is 2.41. The maximum Gasteiger partial charge on any atom is 0.332 e. The summed E-state index contributed by atoms with van der Waals surface area (Å²) in [4.78, 5) is 42.8. The molecule has 0 atom stereocenters. The molecule has 2 saturated heterocycles. The number of amides is 4. The summed E-state index contributed by atoms with van der Waals surface area (Å²) in [5, 5.41) is 2.96. The summed E-state index contributed by atoms with van der Waals surface area (Å²) in [6.07, 6.45) is 1.50. The van der Waals surface area contributed by atoms with Crippen LogP contribution in [-0.4, -0.2) is 59.9 Å². The zero-order chi connectivity index (χ0) is 21.1. The van der Waals surface area contributed by atoms with Gasteiger partial charge in [0.05, 0.1) is 12.2 Å². The Morgan fingerprint density at radius 1 is 1.00 bits per heavy atom. The van der Waals surface area contributed by atoms with E-state index in [9.17, 15) is 14.4 Å². The molecule has 2 aromatic rings. The molecule has 7 nitrogen and oxygen atoms in total. The number of urea groups is 1. The molecule has 0 aliphatic carbocycles. The standard InChI is InChI=1S/C23H26N4O3/c1-17-7-5-6-10-20(17)24-21(28)15-25-13-11-18(12-14-25)26-16-22(29)27(23(26)30)19-8-3-2-4-9-19/h2-10,18H,11-16H2,1H3,(H,24,28). The molecule has 4 rings (SSSR count). The van der Waals surface area contributed by atoms with Crippen molar-refractivity contribution in [1.29, 1.82) is 0 Å². The predicted octanol–water partition coefficient (Wildman–Crippen LogP) is 2.87. The molecule has 30 heavy (non-hydrogen) atoms. The van der Waals surface area contributed by atoms with E-state index in [1.54, 1.807) is 17.0 Å². The number of aryl methyl sites for hydroxylation is 1. The van der Waals surface area contributed by atoms with Crippen molar-refractivity contribution < 1.29 is 14.4 Å². The zero-order valence-electron chi connectivity index (χ0n) is 17.1. The minimum Gasteiger partial charge on any atom is -0.325 e. The largest absolute Gasteiger partial charge is 0.332 e. The summed E-state index contributed by atoms with van der Waals surface area (Å²) in [6.45, 7) is 3.84. The highest BCUT2D eigenvalue weighted by molar-refractivity contribution is 6.19. The molecule has 0 bridgehead atoms. The Balaban J connectivity index is 1.30. The number of para-hydroxylation sites is 2. The van der Waals surface area contributed by atoms with Crippen molar-refractivity contribution in [3.05, 3.63) is 60.2 Å². The smallest absolute Gasteiger partial charge is 0.325 e. The number of anilines is 2. The van der Waals surface area contributed by atoms with Crippen molar-refractivity contribution in [3.8, 4) is 0 Å². The van der Waals surface area contributed by atoms with E-state index in [-0.39, 0.29) is 30.4 Å². The number of nitrogens with zero attached hydrogens (tertiary/aromatic N) is 3. The summed E-state index contributed by atoms with van der Waals surface area (Å²) >= 11 is 0. The first-order chi connectivity index (χ1) is 14.5. The molecule has 156 valence electrons.